The van der Waals surface area contributed by atoms with Gasteiger partial charge in [0.2, 0.25) is 5.91 Å². The van der Waals surface area contributed by atoms with Gasteiger partial charge in [-0.2, -0.15) is 0 Å². The Bertz CT molecular complexity index is 777. The Labute approximate surface area is 144 Å². The third-order valence-electron chi connectivity index (χ3n) is 3.85. The lowest BCUT2D eigenvalue weighted by atomic mass is 10.1. The third kappa shape index (κ3) is 3.43. The number of thioether (sulfide) groups is 1. The number of carbonyl (C=O) groups is 2. The zero-order valence-corrected chi connectivity index (χ0v) is 14.0. The van der Waals surface area contributed by atoms with Crippen molar-refractivity contribution in [3.05, 3.63) is 59.4 Å². The van der Waals surface area contributed by atoms with Crippen LogP contribution in [0.1, 0.15) is 22.8 Å². The van der Waals surface area contributed by atoms with Crippen LogP contribution in [0.3, 0.4) is 0 Å². The number of nitrogens with zero attached hydrogens (tertiary/aromatic N) is 1. The lowest BCUT2D eigenvalue weighted by Gasteiger charge is -2.28. The lowest BCUT2D eigenvalue weighted by molar-refractivity contribution is -0.116. The molecule has 1 aliphatic heterocycles. The molecule has 2 aromatic carbocycles. The normalized spacial score (nSPS) is 13.6. The minimum atomic E-state index is -0.304. The van der Waals surface area contributed by atoms with Crippen LogP contribution in [0.5, 0.6) is 0 Å². The first kappa shape index (κ1) is 16.5. The van der Waals surface area contributed by atoms with Gasteiger partial charge in [0, 0.05) is 23.5 Å². The minimum Gasteiger partial charge on any atom is -0.348 e. The quantitative estimate of drug-likeness (QED) is 0.926. The number of benzene rings is 2. The van der Waals surface area contributed by atoms with Crippen molar-refractivity contribution in [2.75, 3.05) is 17.2 Å². The molecule has 0 aliphatic carbocycles. The van der Waals surface area contributed by atoms with Gasteiger partial charge in [-0.15, -0.1) is 11.8 Å². The first-order valence-electron chi connectivity index (χ1n) is 7.68. The smallest absolute Gasteiger partial charge is 0.251 e. The molecule has 3 rings (SSSR count). The fraction of sp³-hybridized carbons (Fsp3) is 0.222. The average Bonchev–Trinajstić information content (AvgIpc) is 2.60. The van der Waals surface area contributed by atoms with Gasteiger partial charge < -0.3 is 10.2 Å². The van der Waals surface area contributed by atoms with Crippen molar-refractivity contribution in [3.8, 4) is 0 Å². The van der Waals surface area contributed by atoms with Gasteiger partial charge >= 0.3 is 0 Å². The van der Waals surface area contributed by atoms with E-state index in [2.05, 4.69) is 5.32 Å². The second-order valence-corrected chi connectivity index (χ2v) is 6.44. The summed E-state index contributed by atoms with van der Waals surface area (Å²) in [5, 5.41) is 2.81. The van der Waals surface area contributed by atoms with Gasteiger partial charge in [0.05, 0.1) is 11.4 Å². The number of amides is 2. The Balaban J connectivity index is 1.75. The van der Waals surface area contributed by atoms with Gasteiger partial charge in [-0.1, -0.05) is 12.1 Å². The molecule has 0 saturated heterocycles. The summed E-state index contributed by atoms with van der Waals surface area (Å²) in [7, 11) is 0. The first-order valence-corrected chi connectivity index (χ1v) is 8.67. The summed E-state index contributed by atoms with van der Waals surface area (Å²) in [6.45, 7) is 2.81. The van der Waals surface area contributed by atoms with Crippen LogP contribution in [-0.2, 0) is 11.3 Å². The molecular weight excluding hydrogens is 327 g/mol. The molecule has 124 valence electrons. The van der Waals surface area contributed by atoms with E-state index < -0.39 is 0 Å². The molecule has 1 heterocycles. The topological polar surface area (TPSA) is 49.4 Å². The maximum absolute atomic E-state index is 12.9. The zero-order valence-electron chi connectivity index (χ0n) is 13.2. The molecule has 2 amide bonds. The summed E-state index contributed by atoms with van der Waals surface area (Å²) in [5.41, 5.74) is 2.11. The number of rotatable bonds is 4. The van der Waals surface area contributed by atoms with Crippen molar-refractivity contribution in [2.24, 2.45) is 0 Å². The molecule has 0 aromatic heterocycles. The van der Waals surface area contributed by atoms with Crippen LogP contribution in [0, 0.1) is 5.82 Å². The van der Waals surface area contributed by atoms with E-state index in [1.165, 1.54) is 23.9 Å². The van der Waals surface area contributed by atoms with Crippen LogP contribution < -0.4 is 10.2 Å². The molecule has 0 unspecified atom stereocenters. The molecule has 1 aliphatic rings. The van der Waals surface area contributed by atoms with E-state index in [0.717, 1.165) is 16.1 Å². The highest BCUT2D eigenvalue weighted by atomic mass is 32.2. The van der Waals surface area contributed by atoms with E-state index in [9.17, 15) is 14.0 Å². The Kier molecular flexibility index (Phi) is 4.85. The molecule has 0 radical (unpaired) electrons. The maximum Gasteiger partial charge on any atom is 0.251 e. The number of anilines is 1. The summed E-state index contributed by atoms with van der Waals surface area (Å²) >= 11 is 1.49. The standard InChI is InChI=1S/C18H17FN2O2S/c1-2-21-15-9-13(5-8-16(15)24-11-17(21)22)18(23)20-10-12-3-6-14(19)7-4-12/h3-9H,2,10-11H2,1H3,(H,20,23). The summed E-state index contributed by atoms with van der Waals surface area (Å²) in [4.78, 5) is 27.0. The van der Waals surface area contributed by atoms with E-state index in [1.54, 1.807) is 29.2 Å². The molecule has 0 atom stereocenters. The number of halogens is 1. The Hall–Kier alpha value is -2.34. The van der Waals surface area contributed by atoms with Gasteiger partial charge in [-0.25, -0.2) is 4.39 Å². The van der Waals surface area contributed by atoms with Gasteiger partial charge in [-0.05, 0) is 42.8 Å². The van der Waals surface area contributed by atoms with Crippen molar-refractivity contribution in [1.29, 1.82) is 0 Å². The molecule has 1 N–H and O–H groups in total. The fourth-order valence-corrected chi connectivity index (χ4v) is 3.49. The number of hydrogen-bond acceptors (Lipinski definition) is 3. The van der Waals surface area contributed by atoms with Crippen molar-refractivity contribution >= 4 is 29.3 Å². The maximum atomic E-state index is 12.9. The van der Waals surface area contributed by atoms with E-state index >= 15 is 0 Å². The summed E-state index contributed by atoms with van der Waals surface area (Å²) in [5.74, 6) is -0.0432. The predicted octanol–water partition coefficient (Wildman–Crippen LogP) is 3.21. The molecule has 24 heavy (non-hydrogen) atoms. The van der Waals surface area contributed by atoms with Crippen LogP contribution in [0.4, 0.5) is 10.1 Å². The van der Waals surface area contributed by atoms with E-state index in [4.69, 9.17) is 0 Å². The number of carbonyl (C=O) groups excluding carboxylic acids is 2. The average molecular weight is 344 g/mol. The van der Waals surface area contributed by atoms with Crippen molar-refractivity contribution < 1.29 is 14.0 Å². The highest BCUT2D eigenvalue weighted by Gasteiger charge is 2.24. The van der Waals surface area contributed by atoms with Crippen LogP contribution in [-0.4, -0.2) is 24.1 Å². The fourth-order valence-electron chi connectivity index (χ4n) is 2.58. The molecule has 4 nitrogen and oxygen atoms in total. The van der Waals surface area contributed by atoms with E-state index in [0.29, 0.717) is 24.4 Å². The molecule has 0 saturated carbocycles. The molecule has 0 bridgehead atoms. The van der Waals surface area contributed by atoms with Crippen LogP contribution in [0.25, 0.3) is 0 Å². The molecule has 2 aromatic rings. The first-order chi connectivity index (χ1) is 11.6. The summed E-state index contributed by atoms with van der Waals surface area (Å²) < 4.78 is 12.9. The number of nitrogens with one attached hydrogen (secondary N) is 1. The monoisotopic (exact) mass is 344 g/mol. The van der Waals surface area contributed by atoms with Gasteiger partial charge in [0.25, 0.3) is 5.91 Å². The third-order valence-corrected chi connectivity index (χ3v) is 4.89. The lowest BCUT2D eigenvalue weighted by Crippen LogP contribution is -2.35. The second-order valence-electron chi connectivity index (χ2n) is 5.42. The van der Waals surface area contributed by atoms with Gasteiger partial charge in [0.1, 0.15) is 5.82 Å². The predicted molar refractivity (Wildman–Crippen MR) is 92.8 cm³/mol. The molecular formula is C18H17FN2O2S. The Morgan fingerprint density at radius 2 is 2.00 bits per heavy atom. The number of fused-ring (bicyclic) bond motifs is 1. The number of hydrogen-bond donors (Lipinski definition) is 1. The SMILES string of the molecule is CCN1C(=O)CSc2ccc(C(=O)NCc3ccc(F)cc3)cc21. The summed E-state index contributed by atoms with van der Waals surface area (Å²) in [6, 6.07) is 11.4. The van der Waals surface area contributed by atoms with Crippen molar-refractivity contribution in [2.45, 2.75) is 18.4 Å². The van der Waals surface area contributed by atoms with Gasteiger partial charge in [0.15, 0.2) is 0 Å². The highest BCUT2D eigenvalue weighted by molar-refractivity contribution is 8.00. The molecule has 6 heteroatoms. The Morgan fingerprint density at radius 1 is 1.25 bits per heavy atom. The second kappa shape index (κ2) is 7.05. The molecule has 0 spiro atoms. The van der Waals surface area contributed by atoms with Crippen LogP contribution in [0.15, 0.2) is 47.4 Å². The zero-order chi connectivity index (χ0) is 17.1. The van der Waals surface area contributed by atoms with Crippen LogP contribution >= 0.6 is 11.8 Å². The van der Waals surface area contributed by atoms with Gasteiger partial charge in [-0.3, -0.25) is 9.59 Å². The minimum absolute atomic E-state index is 0.0545. The molecule has 0 fully saturated rings. The Morgan fingerprint density at radius 3 is 2.71 bits per heavy atom. The summed E-state index contributed by atoms with van der Waals surface area (Å²) in [6.07, 6.45) is 0. The van der Waals surface area contributed by atoms with E-state index in [-0.39, 0.29) is 17.6 Å². The largest absolute Gasteiger partial charge is 0.348 e. The highest BCUT2D eigenvalue weighted by Crippen LogP contribution is 2.35. The van der Waals surface area contributed by atoms with E-state index in [1.807, 2.05) is 13.0 Å². The van der Waals surface area contributed by atoms with Crippen molar-refractivity contribution in [1.82, 2.24) is 5.32 Å². The van der Waals surface area contributed by atoms with Crippen molar-refractivity contribution in [3.63, 3.8) is 0 Å². The van der Waals surface area contributed by atoms with Crippen LogP contribution in [0.2, 0.25) is 0 Å².